The Labute approximate surface area is 160 Å². The lowest BCUT2D eigenvalue weighted by Gasteiger charge is -2.35. The van der Waals surface area contributed by atoms with E-state index in [-0.39, 0.29) is 11.5 Å². The van der Waals surface area contributed by atoms with Crippen LogP contribution in [0.4, 0.5) is 0 Å². The smallest absolute Gasteiger partial charge is 0.0991 e. The van der Waals surface area contributed by atoms with E-state index in [1.165, 1.54) is 16.7 Å². The minimum Gasteiger partial charge on any atom is -0.281 e. The van der Waals surface area contributed by atoms with Crippen LogP contribution in [-0.4, -0.2) is 11.8 Å². The summed E-state index contributed by atoms with van der Waals surface area (Å²) in [5, 5.41) is 9.06. The van der Waals surface area contributed by atoms with E-state index in [1.807, 2.05) is 48.7 Å². The normalized spacial score (nSPS) is 17.9. The summed E-state index contributed by atoms with van der Waals surface area (Å²) in [6.45, 7) is 0. The number of benzene rings is 3. The maximum Gasteiger partial charge on any atom is 0.0991 e. The Bertz CT molecular complexity index is 942. The van der Waals surface area contributed by atoms with Gasteiger partial charge >= 0.3 is 0 Å². The van der Waals surface area contributed by atoms with Crippen LogP contribution in [0.25, 0.3) is 0 Å². The summed E-state index contributed by atoms with van der Waals surface area (Å²) in [6, 6.07) is 31.2. The predicted octanol–water partition coefficient (Wildman–Crippen LogP) is 5.31. The van der Waals surface area contributed by atoms with Gasteiger partial charge in [0.25, 0.3) is 0 Å². The Morgan fingerprint density at radius 1 is 0.815 bits per heavy atom. The number of nitrogens with zero attached hydrogens (tertiary/aromatic N) is 2. The van der Waals surface area contributed by atoms with Crippen LogP contribution in [0.1, 0.15) is 28.2 Å². The highest BCUT2D eigenvalue weighted by Gasteiger charge is 2.39. The molecule has 3 aromatic carbocycles. The molecule has 0 spiro atoms. The second-order valence-electron chi connectivity index (χ2n) is 6.87. The lowest BCUT2D eigenvalue weighted by atomic mass is 9.72. The van der Waals surface area contributed by atoms with Gasteiger partial charge in [0.1, 0.15) is 0 Å². The number of hydrogen-bond acceptors (Lipinski definition) is 2. The number of aliphatic imine (C=N–C) groups is 1. The Hall–Kier alpha value is -3.44. The van der Waals surface area contributed by atoms with Crippen LogP contribution in [0, 0.1) is 11.3 Å². The van der Waals surface area contributed by atoms with Gasteiger partial charge in [0.15, 0.2) is 0 Å². The van der Waals surface area contributed by atoms with E-state index in [4.69, 9.17) is 10.3 Å². The first-order chi connectivity index (χ1) is 13.3. The topological polar surface area (TPSA) is 36.1 Å². The molecule has 1 aliphatic heterocycles. The maximum atomic E-state index is 9.06. The minimum atomic E-state index is -0.378. The van der Waals surface area contributed by atoms with Crippen molar-refractivity contribution in [1.82, 2.24) is 0 Å². The number of allylic oxidation sites excluding steroid dienone is 1. The van der Waals surface area contributed by atoms with Gasteiger partial charge in [0.05, 0.1) is 17.2 Å². The van der Waals surface area contributed by atoms with Crippen LogP contribution in [0.5, 0.6) is 0 Å². The molecule has 1 heterocycles. The molecule has 130 valence electrons. The molecule has 0 saturated heterocycles. The molecule has 3 aromatic rings. The zero-order valence-corrected chi connectivity index (χ0v) is 15.0. The van der Waals surface area contributed by atoms with E-state index >= 15 is 0 Å². The molecule has 2 heteroatoms. The van der Waals surface area contributed by atoms with Gasteiger partial charge in [-0.3, -0.25) is 4.99 Å². The van der Waals surface area contributed by atoms with E-state index in [0.29, 0.717) is 5.56 Å². The van der Waals surface area contributed by atoms with Gasteiger partial charge in [0, 0.05) is 18.6 Å². The van der Waals surface area contributed by atoms with E-state index in [0.717, 1.165) is 6.42 Å². The SMILES string of the molecule is N#Cc1ccc(CC2(C(c3ccccc3)c3ccccc3)C=CC=N2)cc1. The highest BCUT2D eigenvalue weighted by molar-refractivity contribution is 5.76. The molecule has 1 aliphatic rings. The third-order valence-corrected chi connectivity index (χ3v) is 5.12. The molecule has 2 nitrogen and oxygen atoms in total. The summed E-state index contributed by atoms with van der Waals surface area (Å²) >= 11 is 0. The van der Waals surface area contributed by atoms with Crippen LogP contribution >= 0.6 is 0 Å². The van der Waals surface area contributed by atoms with Crippen LogP contribution in [-0.2, 0) is 6.42 Å². The summed E-state index contributed by atoms with van der Waals surface area (Å²) < 4.78 is 0. The Morgan fingerprint density at radius 3 is 1.89 bits per heavy atom. The van der Waals surface area contributed by atoms with Crippen LogP contribution < -0.4 is 0 Å². The average Bonchev–Trinajstić information content (AvgIpc) is 3.19. The van der Waals surface area contributed by atoms with Crippen molar-refractivity contribution in [2.45, 2.75) is 17.9 Å². The summed E-state index contributed by atoms with van der Waals surface area (Å²) in [5.74, 6) is 0.116. The Morgan fingerprint density at radius 2 is 1.41 bits per heavy atom. The first kappa shape index (κ1) is 17.0. The third-order valence-electron chi connectivity index (χ3n) is 5.12. The molecule has 0 bridgehead atoms. The molecule has 0 amide bonds. The first-order valence-corrected chi connectivity index (χ1v) is 9.13. The zero-order chi connectivity index (χ0) is 18.5. The average molecular weight is 348 g/mol. The van der Waals surface area contributed by atoms with Crippen molar-refractivity contribution in [1.29, 1.82) is 5.26 Å². The van der Waals surface area contributed by atoms with E-state index in [9.17, 15) is 0 Å². The van der Waals surface area contributed by atoms with Crippen LogP contribution in [0.2, 0.25) is 0 Å². The second kappa shape index (κ2) is 7.43. The van der Waals surface area contributed by atoms with Crippen molar-refractivity contribution in [2.75, 3.05) is 0 Å². The summed E-state index contributed by atoms with van der Waals surface area (Å²) in [6.07, 6.45) is 6.95. The van der Waals surface area contributed by atoms with E-state index < -0.39 is 0 Å². The van der Waals surface area contributed by atoms with Gasteiger partial charge in [-0.1, -0.05) is 78.9 Å². The van der Waals surface area contributed by atoms with Crippen molar-refractivity contribution in [2.24, 2.45) is 4.99 Å². The van der Waals surface area contributed by atoms with Gasteiger partial charge in [-0.2, -0.15) is 5.26 Å². The molecule has 0 aliphatic carbocycles. The highest BCUT2D eigenvalue weighted by atomic mass is 14.9. The Kier molecular flexibility index (Phi) is 4.68. The molecule has 27 heavy (non-hydrogen) atoms. The molecule has 4 rings (SSSR count). The van der Waals surface area contributed by atoms with Crippen molar-refractivity contribution in [3.8, 4) is 6.07 Å². The standard InChI is InChI=1S/C25H20N2/c26-19-21-14-12-20(13-15-21)18-25(16-7-17-27-25)24(22-8-3-1-4-9-22)23-10-5-2-6-11-23/h1-17,24H,18H2. The van der Waals surface area contributed by atoms with Crippen molar-refractivity contribution < 1.29 is 0 Å². The third kappa shape index (κ3) is 3.45. The monoisotopic (exact) mass is 348 g/mol. The second-order valence-corrected chi connectivity index (χ2v) is 6.87. The van der Waals surface area contributed by atoms with E-state index in [2.05, 4.69) is 60.7 Å². The molecule has 1 atom stereocenters. The fourth-order valence-corrected chi connectivity index (χ4v) is 3.90. The first-order valence-electron chi connectivity index (χ1n) is 9.13. The molecule has 0 aromatic heterocycles. The molecule has 1 unspecified atom stereocenters. The molecule has 0 radical (unpaired) electrons. The van der Waals surface area contributed by atoms with Crippen molar-refractivity contribution in [3.63, 3.8) is 0 Å². The molecular weight excluding hydrogens is 328 g/mol. The number of hydrogen-bond donors (Lipinski definition) is 0. The zero-order valence-electron chi connectivity index (χ0n) is 15.0. The Balaban J connectivity index is 1.80. The summed E-state index contributed by atoms with van der Waals surface area (Å²) in [5.41, 5.74) is 3.98. The number of rotatable bonds is 5. The lowest BCUT2D eigenvalue weighted by Crippen LogP contribution is -2.34. The van der Waals surface area contributed by atoms with Gasteiger partial charge in [0.2, 0.25) is 0 Å². The highest BCUT2D eigenvalue weighted by Crippen LogP contribution is 2.42. The lowest BCUT2D eigenvalue weighted by molar-refractivity contribution is 0.475. The molecule has 0 saturated carbocycles. The maximum absolute atomic E-state index is 9.06. The van der Waals surface area contributed by atoms with Crippen LogP contribution in [0.3, 0.4) is 0 Å². The van der Waals surface area contributed by atoms with Crippen molar-refractivity contribution >= 4 is 6.21 Å². The van der Waals surface area contributed by atoms with Gasteiger partial charge in [-0.05, 0) is 34.9 Å². The van der Waals surface area contributed by atoms with Gasteiger partial charge < -0.3 is 0 Å². The van der Waals surface area contributed by atoms with Gasteiger partial charge in [-0.15, -0.1) is 0 Å². The summed E-state index contributed by atoms with van der Waals surface area (Å²) in [7, 11) is 0. The quantitative estimate of drug-likeness (QED) is 0.615. The summed E-state index contributed by atoms with van der Waals surface area (Å²) in [4.78, 5) is 4.96. The van der Waals surface area contributed by atoms with Crippen molar-refractivity contribution in [3.05, 3.63) is 119 Å². The number of nitriles is 1. The van der Waals surface area contributed by atoms with E-state index in [1.54, 1.807) is 0 Å². The largest absolute Gasteiger partial charge is 0.281 e. The molecule has 0 fully saturated rings. The fraction of sp³-hybridized carbons (Fsp3) is 0.120. The van der Waals surface area contributed by atoms with Crippen LogP contribution in [0.15, 0.2) is 102 Å². The predicted molar refractivity (Wildman–Crippen MR) is 110 cm³/mol. The van der Waals surface area contributed by atoms with Gasteiger partial charge in [-0.25, -0.2) is 0 Å². The molecular formula is C25H20N2. The minimum absolute atomic E-state index is 0.116. The molecule has 0 N–H and O–H groups in total. The fourth-order valence-electron chi connectivity index (χ4n) is 3.90.